The number of hydrogen-bond acceptors (Lipinski definition) is 3. The molecule has 0 aliphatic rings. The van der Waals surface area contributed by atoms with Crippen molar-refractivity contribution in [2.45, 2.75) is 13.0 Å². The zero-order valence-corrected chi connectivity index (χ0v) is 11.6. The van der Waals surface area contributed by atoms with Crippen molar-refractivity contribution in [2.75, 3.05) is 12.4 Å². The number of nitrogens with one attached hydrogen (secondary N) is 1. The fourth-order valence-electron chi connectivity index (χ4n) is 1.82. The van der Waals surface area contributed by atoms with Gasteiger partial charge >= 0.3 is 0 Å². The molecule has 0 aliphatic heterocycles. The Labute approximate surface area is 118 Å². The van der Waals surface area contributed by atoms with E-state index >= 15 is 0 Å². The number of methoxy groups -OCH3 is 1. The molecule has 0 radical (unpaired) electrons. The molecule has 4 heteroatoms. The van der Waals surface area contributed by atoms with Crippen LogP contribution in [0.1, 0.15) is 28.9 Å². The van der Waals surface area contributed by atoms with Gasteiger partial charge < -0.3 is 15.8 Å². The first-order chi connectivity index (χ1) is 9.60. The van der Waals surface area contributed by atoms with Crippen molar-refractivity contribution in [3.63, 3.8) is 0 Å². The molecule has 1 unspecified atom stereocenters. The van der Waals surface area contributed by atoms with E-state index in [9.17, 15) is 4.79 Å². The highest BCUT2D eigenvalue weighted by atomic mass is 16.5. The molecule has 2 rings (SSSR count). The Morgan fingerprint density at radius 2 is 1.70 bits per heavy atom. The fraction of sp³-hybridized carbons (Fsp3) is 0.188. The van der Waals surface area contributed by atoms with Gasteiger partial charge in [-0.1, -0.05) is 12.1 Å². The van der Waals surface area contributed by atoms with Crippen molar-refractivity contribution in [1.29, 1.82) is 0 Å². The topological polar surface area (TPSA) is 64.3 Å². The molecule has 0 aliphatic carbocycles. The van der Waals surface area contributed by atoms with Crippen LogP contribution in [0.3, 0.4) is 0 Å². The van der Waals surface area contributed by atoms with Crippen LogP contribution in [-0.4, -0.2) is 13.0 Å². The molecule has 0 saturated heterocycles. The highest BCUT2D eigenvalue weighted by Crippen LogP contribution is 2.16. The van der Waals surface area contributed by atoms with Crippen LogP contribution in [0.5, 0.6) is 5.75 Å². The number of carbonyl (C=O) groups is 1. The monoisotopic (exact) mass is 270 g/mol. The van der Waals surface area contributed by atoms with E-state index in [1.807, 2.05) is 31.2 Å². The predicted molar refractivity (Wildman–Crippen MR) is 80.0 cm³/mol. The van der Waals surface area contributed by atoms with Crippen LogP contribution in [0.2, 0.25) is 0 Å². The second kappa shape index (κ2) is 6.21. The normalized spacial score (nSPS) is 11.8. The van der Waals surface area contributed by atoms with Gasteiger partial charge in [0, 0.05) is 17.3 Å². The number of benzene rings is 2. The van der Waals surface area contributed by atoms with Crippen molar-refractivity contribution in [1.82, 2.24) is 0 Å². The number of hydrogen-bond donors (Lipinski definition) is 2. The van der Waals surface area contributed by atoms with E-state index in [-0.39, 0.29) is 11.9 Å². The van der Waals surface area contributed by atoms with Crippen LogP contribution in [-0.2, 0) is 0 Å². The minimum Gasteiger partial charge on any atom is -0.497 e. The SMILES string of the molecule is COc1ccc(C(=O)Nc2ccc(C(C)N)cc2)cc1. The zero-order chi connectivity index (χ0) is 14.5. The minimum absolute atomic E-state index is 0.0126. The molecule has 4 nitrogen and oxygen atoms in total. The van der Waals surface area contributed by atoms with Gasteiger partial charge in [-0.2, -0.15) is 0 Å². The van der Waals surface area contributed by atoms with Crippen molar-refractivity contribution in [3.05, 3.63) is 59.7 Å². The summed E-state index contributed by atoms with van der Waals surface area (Å²) in [5, 5.41) is 2.84. The van der Waals surface area contributed by atoms with E-state index in [1.165, 1.54) is 0 Å². The molecule has 3 N–H and O–H groups in total. The van der Waals surface area contributed by atoms with Gasteiger partial charge in [0.25, 0.3) is 5.91 Å². The maximum Gasteiger partial charge on any atom is 0.255 e. The van der Waals surface area contributed by atoms with Crippen molar-refractivity contribution >= 4 is 11.6 Å². The van der Waals surface area contributed by atoms with E-state index in [4.69, 9.17) is 10.5 Å². The molecule has 0 bridgehead atoms. The van der Waals surface area contributed by atoms with E-state index < -0.39 is 0 Å². The summed E-state index contributed by atoms with van der Waals surface area (Å²) in [7, 11) is 1.59. The Morgan fingerprint density at radius 3 is 2.20 bits per heavy atom. The standard InChI is InChI=1S/C16H18N2O2/c1-11(17)12-3-7-14(8-4-12)18-16(19)13-5-9-15(20-2)10-6-13/h3-11H,17H2,1-2H3,(H,18,19). The first kappa shape index (κ1) is 14.1. The summed E-state index contributed by atoms with van der Waals surface area (Å²) in [5.41, 5.74) is 8.15. The van der Waals surface area contributed by atoms with Gasteiger partial charge in [0.05, 0.1) is 7.11 Å². The van der Waals surface area contributed by atoms with Gasteiger partial charge in [-0.3, -0.25) is 4.79 Å². The van der Waals surface area contributed by atoms with Crippen LogP contribution in [0.4, 0.5) is 5.69 Å². The van der Waals surface area contributed by atoms with Gasteiger partial charge in [-0.25, -0.2) is 0 Å². The zero-order valence-electron chi connectivity index (χ0n) is 11.6. The summed E-state index contributed by atoms with van der Waals surface area (Å²) in [5.74, 6) is 0.573. The molecule has 0 spiro atoms. The molecule has 20 heavy (non-hydrogen) atoms. The molecule has 0 fully saturated rings. The predicted octanol–water partition coefficient (Wildman–Crippen LogP) is 2.97. The second-order valence-corrected chi connectivity index (χ2v) is 4.59. The Bertz CT molecular complexity index is 574. The summed E-state index contributed by atoms with van der Waals surface area (Å²) in [4.78, 5) is 12.1. The number of rotatable bonds is 4. The average molecular weight is 270 g/mol. The van der Waals surface area contributed by atoms with Crippen molar-refractivity contribution in [2.24, 2.45) is 5.73 Å². The van der Waals surface area contributed by atoms with Gasteiger partial charge in [0.2, 0.25) is 0 Å². The molecule has 1 amide bonds. The maximum atomic E-state index is 12.1. The van der Waals surface area contributed by atoms with E-state index in [2.05, 4.69) is 5.32 Å². The van der Waals surface area contributed by atoms with Gasteiger partial charge in [0.1, 0.15) is 5.75 Å². The smallest absolute Gasteiger partial charge is 0.255 e. The van der Waals surface area contributed by atoms with Crippen LogP contribution >= 0.6 is 0 Å². The second-order valence-electron chi connectivity index (χ2n) is 4.59. The first-order valence-corrected chi connectivity index (χ1v) is 6.41. The summed E-state index contributed by atoms with van der Waals surface area (Å²) in [6.07, 6.45) is 0. The van der Waals surface area contributed by atoms with Crippen LogP contribution in [0, 0.1) is 0 Å². The molecular formula is C16H18N2O2. The highest BCUT2D eigenvalue weighted by Gasteiger charge is 2.06. The lowest BCUT2D eigenvalue weighted by Crippen LogP contribution is -2.12. The molecule has 0 saturated carbocycles. The maximum absolute atomic E-state index is 12.1. The summed E-state index contributed by atoms with van der Waals surface area (Å²) < 4.78 is 5.06. The molecular weight excluding hydrogens is 252 g/mol. The van der Waals surface area contributed by atoms with Gasteiger partial charge in [0.15, 0.2) is 0 Å². The van der Waals surface area contributed by atoms with Crippen molar-refractivity contribution < 1.29 is 9.53 Å². The third kappa shape index (κ3) is 3.36. The molecule has 2 aromatic rings. The minimum atomic E-state index is -0.152. The number of anilines is 1. The third-order valence-electron chi connectivity index (χ3n) is 3.05. The van der Waals surface area contributed by atoms with E-state index in [0.29, 0.717) is 5.56 Å². The Balaban J connectivity index is 2.06. The summed E-state index contributed by atoms with van der Waals surface area (Å²) >= 11 is 0. The van der Waals surface area contributed by atoms with Crippen LogP contribution in [0.25, 0.3) is 0 Å². The lowest BCUT2D eigenvalue weighted by Gasteiger charge is -2.09. The molecule has 0 aromatic heterocycles. The molecule has 0 heterocycles. The largest absolute Gasteiger partial charge is 0.497 e. The van der Waals surface area contributed by atoms with Crippen LogP contribution < -0.4 is 15.8 Å². The highest BCUT2D eigenvalue weighted by molar-refractivity contribution is 6.04. The number of nitrogens with two attached hydrogens (primary N) is 1. The average Bonchev–Trinajstić information content (AvgIpc) is 2.48. The summed E-state index contributed by atoms with van der Waals surface area (Å²) in [6, 6.07) is 14.5. The molecule has 2 aromatic carbocycles. The molecule has 1 atom stereocenters. The molecule has 104 valence electrons. The quantitative estimate of drug-likeness (QED) is 0.897. The van der Waals surface area contributed by atoms with Crippen molar-refractivity contribution in [3.8, 4) is 5.75 Å². The van der Waals surface area contributed by atoms with E-state index in [0.717, 1.165) is 17.0 Å². The third-order valence-corrected chi connectivity index (χ3v) is 3.05. The number of carbonyl (C=O) groups excluding carboxylic acids is 1. The summed E-state index contributed by atoms with van der Waals surface area (Å²) in [6.45, 7) is 1.92. The Hall–Kier alpha value is -2.33. The van der Waals surface area contributed by atoms with E-state index in [1.54, 1.807) is 31.4 Å². The Kier molecular flexibility index (Phi) is 4.38. The lowest BCUT2D eigenvalue weighted by atomic mass is 10.1. The fourth-order valence-corrected chi connectivity index (χ4v) is 1.82. The van der Waals surface area contributed by atoms with Crippen LogP contribution in [0.15, 0.2) is 48.5 Å². The van der Waals surface area contributed by atoms with Gasteiger partial charge in [-0.15, -0.1) is 0 Å². The number of ether oxygens (including phenoxy) is 1. The Morgan fingerprint density at radius 1 is 1.10 bits per heavy atom. The lowest BCUT2D eigenvalue weighted by molar-refractivity contribution is 0.102. The first-order valence-electron chi connectivity index (χ1n) is 6.41. The van der Waals surface area contributed by atoms with Gasteiger partial charge in [-0.05, 0) is 48.9 Å². The number of amides is 1.